The fourth-order valence-corrected chi connectivity index (χ4v) is 0.910. The minimum Gasteiger partial charge on any atom is -0.370 e. The number of nitrogens with two attached hydrogens (primary N) is 2. The van der Waals surface area contributed by atoms with Crippen molar-refractivity contribution in [2.75, 3.05) is 0 Å². The molecule has 0 bridgehead atoms. The van der Waals surface area contributed by atoms with Crippen LogP contribution in [0.5, 0.6) is 0 Å². The van der Waals surface area contributed by atoms with Gasteiger partial charge in [-0.2, -0.15) is 0 Å². The highest BCUT2D eigenvalue weighted by Crippen LogP contribution is 2.03. The van der Waals surface area contributed by atoms with Gasteiger partial charge in [-0.3, -0.25) is 4.79 Å². The smallest absolute Gasteiger partial charge is 0.217 e. The molecule has 1 atom stereocenters. The van der Waals surface area contributed by atoms with E-state index in [9.17, 15) is 4.79 Å². The SMILES string of the molecule is CCC(N)CCCCC(N)=O. The van der Waals surface area contributed by atoms with Crippen molar-refractivity contribution in [2.24, 2.45) is 11.5 Å². The van der Waals surface area contributed by atoms with Crippen LogP contribution in [0.15, 0.2) is 0 Å². The summed E-state index contributed by atoms with van der Waals surface area (Å²) in [5, 5.41) is 0. The predicted molar refractivity (Wildman–Crippen MR) is 45.9 cm³/mol. The summed E-state index contributed by atoms with van der Waals surface area (Å²) in [5.41, 5.74) is 10.6. The van der Waals surface area contributed by atoms with Gasteiger partial charge in [0.15, 0.2) is 0 Å². The summed E-state index contributed by atoms with van der Waals surface area (Å²) in [4.78, 5) is 10.3. The van der Waals surface area contributed by atoms with Gasteiger partial charge in [0.1, 0.15) is 0 Å². The van der Waals surface area contributed by atoms with Crippen molar-refractivity contribution in [3.8, 4) is 0 Å². The van der Waals surface area contributed by atoms with Gasteiger partial charge < -0.3 is 11.5 Å². The first-order chi connectivity index (χ1) is 5.16. The minimum atomic E-state index is -0.213. The molecule has 3 nitrogen and oxygen atoms in total. The van der Waals surface area contributed by atoms with Crippen molar-refractivity contribution in [3.05, 3.63) is 0 Å². The zero-order chi connectivity index (χ0) is 8.69. The van der Waals surface area contributed by atoms with E-state index in [1.807, 2.05) is 0 Å². The number of primary amides is 1. The molecule has 0 aliphatic heterocycles. The van der Waals surface area contributed by atoms with Crippen LogP contribution in [0.4, 0.5) is 0 Å². The first-order valence-electron chi connectivity index (χ1n) is 4.20. The second-order valence-corrected chi connectivity index (χ2v) is 2.88. The topological polar surface area (TPSA) is 69.1 Å². The van der Waals surface area contributed by atoms with Gasteiger partial charge in [-0.25, -0.2) is 0 Å². The van der Waals surface area contributed by atoms with E-state index in [4.69, 9.17) is 11.5 Å². The maximum Gasteiger partial charge on any atom is 0.217 e. The van der Waals surface area contributed by atoms with Crippen molar-refractivity contribution in [2.45, 2.75) is 45.1 Å². The molecule has 1 amide bonds. The molecule has 0 rings (SSSR count). The molecule has 0 aliphatic carbocycles. The zero-order valence-electron chi connectivity index (χ0n) is 7.18. The van der Waals surface area contributed by atoms with Crippen molar-refractivity contribution >= 4 is 5.91 Å². The Morgan fingerprint density at radius 3 is 2.55 bits per heavy atom. The van der Waals surface area contributed by atoms with Crippen LogP contribution in [0.1, 0.15) is 39.0 Å². The fourth-order valence-electron chi connectivity index (χ4n) is 0.910. The van der Waals surface area contributed by atoms with Crippen LogP contribution in [-0.2, 0) is 4.79 Å². The average molecular weight is 158 g/mol. The highest BCUT2D eigenvalue weighted by molar-refractivity contribution is 5.73. The number of rotatable bonds is 6. The summed E-state index contributed by atoms with van der Waals surface area (Å²) in [6.45, 7) is 2.07. The van der Waals surface area contributed by atoms with E-state index in [0.29, 0.717) is 12.5 Å². The molecule has 1 unspecified atom stereocenters. The highest BCUT2D eigenvalue weighted by Gasteiger charge is 1.99. The van der Waals surface area contributed by atoms with Crippen molar-refractivity contribution in [3.63, 3.8) is 0 Å². The van der Waals surface area contributed by atoms with Gasteiger partial charge in [0.2, 0.25) is 5.91 Å². The monoisotopic (exact) mass is 158 g/mol. The molecule has 0 aromatic carbocycles. The Morgan fingerprint density at radius 2 is 2.09 bits per heavy atom. The van der Waals surface area contributed by atoms with E-state index in [1.165, 1.54) is 0 Å². The number of hydrogen-bond acceptors (Lipinski definition) is 2. The zero-order valence-corrected chi connectivity index (χ0v) is 7.18. The second kappa shape index (κ2) is 6.16. The van der Waals surface area contributed by atoms with Gasteiger partial charge in [0, 0.05) is 12.5 Å². The van der Waals surface area contributed by atoms with E-state index < -0.39 is 0 Å². The van der Waals surface area contributed by atoms with E-state index in [0.717, 1.165) is 25.7 Å². The Bertz CT molecular complexity index is 115. The molecule has 0 saturated heterocycles. The molecular weight excluding hydrogens is 140 g/mol. The third-order valence-electron chi connectivity index (χ3n) is 1.77. The molecule has 0 saturated carbocycles. The maximum atomic E-state index is 10.3. The number of hydrogen-bond donors (Lipinski definition) is 2. The average Bonchev–Trinajstić information content (AvgIpc) is 1.97. The van der Waals surface area contributed by atoms with Crippen LogP contribution in [-0.4, -0.2) is 11.9 Å². The normalized spacial score (nSPS) is 12.9. The fraction of sp³-hybridized carbons (Fsp3) is 0.875. The molecule has 66 valence electrons. The second-order valence-electron chi connectivity index (χ2n) is 2.88. The van der Waals surface area contributed by atoms with Crippen molar-refractivity contribution in [1.82, 2.24) is 0 Å². The Labute approximate surface area is 68.1 Å². The molecule has 11 heavy (non-hydrogen) atoms. The first kappa shape index (κ1) is 10.4. The molecule has 0 radical (unpaired) electrons. The Morgan fingerprint density at radius 1 is 1.45 bits per heavy atom. The first-order valence-corrected chi connectivity index (χ1v) is 4.20. The summed E-state index contributed by atoms with van der Waals surface area (Å²) in [6, 6.07) is 0.294. The Hall–Kier alpha value is -0.570. The van der Waals surface area contributed by atoms with Crippen LogP contribution in [0.2, 0.25) is 0 Å². The highest BCUT2D eigenvalue weighted by atomic mass is 16.1. The van der Waals surface area contributed by atoms with Gasteiger partial charge in [-0.1, -0.05) is 13.3 Å². The Balaban J connectivity index is 3.08. The third kappa shape index (κ3) is 7.33. The summed E-state index contributed by atoms with van der Waals surface area (Å²) < 4.78 is 0. The molecule has 0 aromatic heterocycles. The van der Waals surface area contributed by atoms with Gasteiger partial charge in [0.25, 0.3) is 0 Å². The summed E-state index contributed by atoms with van der Waals surface area (Å²) in [6.07, 6.45) is 4.40. The lowest BCUT2D eigenvalue weighted by Crippen LogP contribution is -2.18. The van der Waals surface area contributed by atoms with E-state index in [-0.39, 0.29) is 5.91 Å². The number of carbonyl (C=O) groups is 1. The standard InChI is InChI=1S/C8H18N2O/c1-2-7(9)5-3-4-6-8(10)11/h7H,2-6,9H2,1H3,(H2,10,11). The minimum absolute atomic E-state index is 0.213. The van der Waals surface area contributed by atoms with E-state index >= 15 is 0 Å². The maximum absolute atomic E-state index is 10.3. The lowest BCUT2D eigenvalue weighted by Gasteiger charge is -2.06. The lowest BCUT2D eigenvalue weighted by atomic mass is 10.1. The molecule has 0 fully saturated rings. The van der Waals surface area contributed by atoms with Gasteiger partial charge in [-0.15, -0.1) is 0 Å². The third-order valence-corrected chi connectivity index (χ3v) is 1.77. The van der Waals surface area contributed by atoms with Crippen LogP contribution < -0.4 is 11.5 Å². The van der Waals surface area contributed by atoms with Gasteiger partial charge in [0.05, 0.1) is 0 Å². The van der Waals surface area contributed by atoms with Crippen molar-refractivity contribution < 1.29 is 4.79 Å². The largest absolute Gasteiger partial charge is 0.370 e. The summed E-state index contributed by atoms with van der Waals surface area (Å²) in [7, 11) is 0. The quantitative estimate of drug-likeness (QED) is 0.560. The lowest BCUT2D eigenvalue weighted by molar-refractivity contribution is -0.118. The van der Waals surface area contributed by atoms with Crippen molar-refractivity contribution in [1.29, 1.82) is 0 Å². The van der Waals surface area contributed by atoms with Gasteiger partial charge in [-0.05, 0) is 19.3 Å². The molecule has 0 aliphatic rings. The van der Waals surface area contributed by atoms with Crippen LogP contribution in [0, 0.1) is 0 Å². The molecule has 4 N–H and O–H groups in total. The molecule has 0 spiro atoms. The number of carbonyl (C=O) groups excluding carboxylic acids is 1. The number of unbranched alkanes of at least 4 members (excludes halogenated alkanes) is 1. The van der Waals surface area contributed by atoms with Crippen LogP contribution >= 0.6 is 0 Å². The van der Waals surface area contributed by atoms with Crippen LogP contribution in [0.25, 0.3) is 0 Å². The number of amides is 1. The van der Waals surface area contributed by atoms with Gasteiger partial charge >= 0.3 is 0 Å². The summed E-state index contributed by atoms with van der Waals surface area (Å²) in [5.74, 6) is -0.213. The predicted octanol–water partition coefficient (Wildman–Crippen LogP) is 0.769. The molecule has 0 aromatic rings. The molecular formula is C8H18N2O. The summed E-state index contributed by atoms with van der Waals surface area (Å²) >= 11 is 0. The molecule has 3 heteroatoms. The van der Waals surface area contributed by atoms with E-state index in [2.05, 4.69) is 6.92 Å². The van der Waals surface area contributed by atoms with Crippen LogP contribution in [0.3, 0.4) is 0 Å². The Kier molecular flexibility index (Phi) is 5.84. The van der Waals surface area contributed by atoms with E-state index in [1.54, 1.807) is 0 Å². The molecule has 0 heterocycles.